The molecule has 108 valence electrons. The zero-order valence-electron chi connectivity index (χ0n) is 11.2. The van der Waals surface area contributed by atoms with Gasteiger partial charge in [-0.3, -0.25) is 0 Å². The lowest BCUT2D eigenvalue weighted by molar-refractivity contribution is 0.249. The summed E-state index contributed by atoms with van der Waals surface area (Å²) in [6.45, 7) is 0. The van der Waals surface area contributed by atoms with Gasteiger partial charge in [0.15, 0.2) is 0 Å². The summed E-state index contributed by atoms with van der Waals surface area (Å²) in [5, 5.41) is 6.72. The molecule has 0 saturated carbocycles. The quantitative estimate of drug-likeness (QED) is 0.851. The first-order valence-electron chi connectivity index (χ1n) is 6.70. The lowest BCUT2D eigenvalue weighted by Gasteiger charge is -2.13. The SMILES string of the molecule is O=C(Nc1cc(Cl)cc(Cl)c1)NC1Cc2ccccc2C1. The topological polar surface area (TPSA) is 41.1 Å². The highest BCUT2D eigenvalue weighted by atomic mass is 35.5. The van der Waals surface area contributed by atoms with E-state index >= 15 is 0 Å². The van der Waals surface area contributed by atoms with E-state index in [9.17, 15) is 4.79 Å². The summed E-state index contributed by atoms with van der Waals surface area (Å²) in [6.07, 6.45) is 1.72. The number of halogens is 2. The van der Waals surface area contributed by atoms with E-state index in [-0.39, 0.29) is 12.1 Å². The van der Waals surface area contributed by atoms with E-state index < -0.39 is 0 Å². The third kappa shape index (κ3) is 3.49. The summed E-state index contributed by atoms with van der Waals surface area (Å²) in [7, 11) is 0. The predicted octanol–water partition coefficient (Wildman–Crippen LogP) is 4.28. The Morgan fingerprint density at radius 1 is 1.00 bits per heavy atom. The molecule has 21 heavy (non-hydrogen) atoms. The monoisotopic (exact) mass is 320 g/mol. The van der Waals surface area contributed by atoms with E-state index in [1.54, 1.807) is 18.2 Å². The molecular formula is C16H14Cl2N2O. The fourth-order valence-corrected chi connectivity index (χ4v) is 3.17. The molecule has 2 aromatic rings. The maximum Gasteiger partial charge on any atom is 0.319 e. The van der Waals surface area contributed by atoms with E-state index in [2.05, 4.69) is 22.8 Å². The van der Waals surface area contributed by atoms with E-state index in [0.29, 0.717) is 15.7 Å². The normalized spacial score (nSPS) is 13.8. The Morgan fingerprint density at radius 2 is 1.57 bits per heavy atom. The first-order chi connectivity index (χ1) is 10.1. The van der Waals surface area contributed by atoms with Gasteiger partial charge in [-0.25, -0.2) is 4.79 Å². The van der Waals surface area contributed by atoms with Crippen LogP contribution >= 0.6 is 23.2 Å². The number of hydrogen-bond acceptors (Lipinski definition) is 1. The molecule has 2 amide bonds. The summed E-state index contributed by atoms with van der Waals surface area (Å²) < 4.78 is 0. The molecular weight excluding hydrogens is 307 g/mol. The first-order valence-corrected chi connectivity index (χ1v) is 7.46. The summed E-state index contributed by atoms with van der Waals surface area (Å²) >= 11 is 11.8. The maximum absolute atomic E-state index is 12.0. The second-order valence-electron chi connectivity index (χ2n) is 5.13. The van der Waals surface area contributed by atoms with Crippen LogP contribution in [0.25, 0.3) is 0 Å². The molecule has 2 aromatic carbocycles. The van der Waals surface area contributed by atoms with Crippen molar-refractivity contribution >= 4 is 34.9 Å². The van der Waals surface area contributed by atoms with Gasteiger partial charge in [0.25, 0.3) is 0 Å². The molecule has 0 fully saturated rings. The van der Waals surface area contributed by atoms with Gasteiger partial charge in [-0.1, -0.05) is 47.5 Å². The third-order valence-corrected chi connectivity index (χ3v) is 3.94. The van der Waals surface area contributed by atoms with Crippen molar-refractivity contribution in [2.24, 2.45) is 0 Å². The lowest BCUT2D eigenvalue weighted by atomic mass is 10.1. The standard InChI is InChI=1S/C16H14Cl2N2O/c17-12-7-13(18)9-15(8-12)20-16(21)19-14-5-10-3-1-2-4-11(10)6-14/h1-4,7-9,14H,5-6H2,(H2,19,20,21). The number of hydrogen-bond donors (Lipinski definition) is 2. The second kappa shape index (κ2) is 5.96. The van der Waals surface area contributed by atoms with Crippen LogP contribution in [0.1, 0.15) is 11.1 Å². The summed E-state index contributed by atoms with van der Waals surface area (Å²) in [5.41, 5.74) is 3.18. The molecule has 2 N–H and O–H groups in total. The fraction of sp³-hybridized carbons (Fsp3) is 0.188. The van der Waals surface area contributed by atoms with Gasteiger partial charge in [0, 0.05) is 21.8 Å². The molecule has 0 spiro atoms. The van der Waals surface area contributed by atoms with Crippen LogP contribution in [0.3, 0.4) is 0 Å². The smallest absolute Gasteiger partial charge is 0.319 e. The number of nitrogens with one attached hydrogen (secondary N) is 2. The van der Waals surface area contributed by atoms with Crippen LogP contribution < -0.4 is 10.6 Å². The number of rotatable bonds is 2. The van der Waals surface area contributed by atoms with E-state index in [4.69, 9.17) is 23.2 Å². The highest BCUT2D eigenvalue weighted by Gasteiger charge is 2.22. The molecule has 0 unspecified atom stereocenters. The number of carbonyl (C=O) groups excluding carboxylic acids is 1. The maximum atomic E-state index is 12.0. The van der Waals surface area contributed by atoms with Crippen molar-refractivity contribution in [3.8, 4) is 0 Å². The van der Waals surface area contributed by atoms with Crippen molar-refractivity contribution in [3.05, 3.63) is 63.6 Å². The lowest BCUT2D eigenvalue weighted by Crippen LogP contribution is -2.38. The Bertz CT molecular complexity index is 642. The highest BCUT2D eigenvalue weighted by Crippen LogP contribution is 2.23. The minimum Gasteiger partial charge on any atom is -0.334 e. The Hall–Kier alpha value is -1.71. The molecule has 0 aliphatic heterocycles. The molecule has 0 radical (unpaired) electrons. The highest BCUT2D eigenvalue weighted by molar-refractivity contribution is 6.35. The number of urea groups is 1. The predicted molar refractivity (Wildman–Crippen MR) is 86.3 cm³/mol. The minimum absolute atomic E-state index is 0.122. The molecule has 1 aliphatic carbocycles. The molecule has 3 nitrogen and oxygen atoms in total. The average Bonchev–Trinajstić information content (AvgIpc) is 2.78. The van der Waals surface area contributed by atoms with Crippen molar-refractivity contribution < 1.29 is 4.79 Å². The van der Waals surface area contributed by atoms with Crippen LogP contribution in [-0.4, -0.2) is 12.1 Å². The Balaban J connectivity index is 1.61. The Morgan fingerprint density at radius 3 is 2.14 bits per heavy atom. The van der Waals surface area contributed by atoms with Crippen molar-refractivity contribution in [1.29, 1.82) is 0 Å². The summed E-state index contributed by atoms with van der Waals surface area (Å²) in [5.74, 6) is 0. The molecule has 5 heteroatoms. The second-order valence-corrected chi connectivity index (χ2v) is 6.00. The van der Waals surface area contributed by atoms with Gasteiger partial charge in [-0.2, -0.15) is 0 Å². The molecule has 0 saturated heterocycles. The first kappa shape index (κ1) is 14.2. The Kier molecular flexibility index (Phi) is 4.04. The van der Waals surface area contributed by atoms with Crippen molar-refractivity contribution in [1.82, 2.24) is 5.32 Å². The molecule has 0 heterocycles. The summed E-state index contributed by atoms with van der Waals surface area (Å²) in [4.78, 5) is 12.0. The third-order valence-electron chi connectivity index (χ3n) is 3.51. The average molecular weight is 321 g/mol. The van der Waals surface area contributed by atoms with Gasteiger partial charge in [-0.05, 0) is 42.2 Å². The minimum atomic E-state index is -0.244. The number of carbonyl (C=O) groups is 1. The summed E-state index contributed by atoms with van der Waals surface area (Å²) in [6, 6.07) is 13.1. The zero-order valence-corrected chi connectivity index (χ0v) is 12.7. The number of amides is 2. The molecule has 0 atom stereocenters. The van der Waals surface area contributed by atoms with Crippen molar-refractivity contribution in [2.75, 3.05) is 5.32 Å². The van der Waals surface area contributed by atoms with Gasteiger partial charge in [-0.15, -0.1) is 0 Å². The molecule has 0 bridgehead atoms. The molecule has 3 rings (SSSR count). The molecule has 0 aromatic heterocycles. The fourth-order valence-electron chi connectivity index (χ4n) is 2.64. The molecule has 1 aliphatic rings. The van der Waals surface area contributed by atoms with Crippen molar-refractivity contribution in [3.63, 3.8) is 0 Å². The van der Waals surface area contributed by atoms with Gasteiger partial charge in [0.1, 0.15) is 0 Å². The van der Waals surface area contributed by atoms with Crippen LogP contribution in [0.4, 0.5) is 10.5 Å². The zero-order chi connectivity index (χ0) is 14.8. The van der Waals surface area contributed by atoms with Gasteiger partial charge in [0.05, 0.1) is 0 Å². The van der Waals surface area contributed by atoms with Gasteiger partial charge < -0.3 is 10.6 Å². The van der Waals surface area contributed by atoms with Crippen LogP contribution in [0, 0.1) is 0 Å². The van der Waals surface area contributed by atoms with E-state index in [1.807, 2.05) is 12.1 Å². The van der Waals surface area contributed by atoms with Crippen LogP contribution in [0.2, 0.25) is 10.0 Å². The van der Waals surface area contributed by atoms with E-state index in [1.165, 1.54) is 11.1 Å². The van der Waals surface area contributed by atoms with Crippen LogP contribution in [0.15, 0.2) is 42.5 Å². The van der Waals surface area contributed by atoms with Crippen LogP contribution in [-0.2, 0) is 12.8 Å². The number of benzene rings is 2. The Labute approximate surface area is 133 Å². The van der Waals surface area contributed by atoms with E-state index in [0.717, 1.165) is 12.8 Å². The number of fused-ring (bicyclic) bond motifs is 1. The van der Waals surface area contributed by atoms with Gasteiger partial charge in [0.2, 0.25) is 0 Å². The number of anilines is 1. The van der Waals surface area contributed by atoms with Crippen LogP contribution in [0.5, 0.6) is 0 Å². The van der Waals surface area contributed by atoms with Crippen molar-refractivity contribution in [2.45, 2.75) is 18.9 Å². The largest absolute Gasteiger partial charge is 0.334 e. The van der Waals surface area contributed by atoms with Gasteiger partial charge >= 0.3 is 6.03 Å².